The van der Waals surface area contributed by atoms with Gasteiger partial charge in [-0.05, 0) is 96.8 Å². The maximum absolute atomic E-state index is 13.3. The van der Waals surface area contributed by atoms with E-state index in [4.69, 9.17) is 9.47 Å². The Labute approximate surface area is 205 Å². The summed E-state index contributed by atoms with van der Waals surface area (Å²) in [5.41, 5.74) is 4.02. The molecule has 2 rings (SSSR count). The van der Waals surface area contributed by atoms with E-state index in [1.807, 2.05) is 41.5 Å². The Morgan fingerprint density at radius 2 is 1.71 bits per heavy atom. The van der Waals surface area contributed by atoms with Crippen molar-refractivity contribution in [3.05, 3.63) is 40.1 Å². The summed E-state index contributed by atoms with van der Waals surface area (Å²) in [6.07, 6.45) is 2.95. The molecule has 1 N–H and O–H groups in total. The SMILES string of the molecule is CCC(CCC(C)CC1CC(=O)C(c2c(C)cc(C)cc2C)=C1OC(=O)C(C)(C)C)OC(C)O. The van der Waals surface area contributed by atoms with Crippen molar-refractivity contribution in [3.8, 4) is 0 Å². The van der Waals surface area contributed by atoms with Crippen LogP contribution in [0, 0.1) is 38.0 Å². The third-order valence-electron chi connectivity index (χ3n) is 6.58. The Morgan fingerprint density at radius 3 is 2.21 bits per heavy atom. The van der Waals surface area contributed by atoms with E-state index in [0.717, 1.165) is 47.9 Å². The number of rotatable bonds is 10. The van der Waals surface area contributed by atoms with Crippen molar-refractivity contribution < 1.29 is 24.2 Å². The fourth-order valence-corrected chi connectivity index (χ4v) is 4.90. The number of esters is 1. The maximum atomic E-state index is 13.3. The molecule has 0 saturated carbocycles. The molecule has 5 heteroatoms. The average molecular weight is 473 g/mol. The third-order valence-corrected chi connectivity index (χ3v) is 6.58. The first-order chi connectivity index (χ1) is 15.7. The number of carbonyl (C=O) groups is 2. The van der Waals surface area contributed by atoms with Gasteiger partial charge in [-0.2, -0.15) is 0 Å². The van der Waals surface area contributed by atoms with Crippen molar-refractivity contribution >= 4 is 17.3 Å². The Balaban J connectivity index is 2.36. The molecule has 4 atom stereocenters. The van der Waals surface area contributed by atoms with Gasteiger partial charge in [0, 0.05) is 12.3 Å². The van der Waals surface area contributed by atoms with Crippen LogP contribution in [0.2, 0.25) is 0 Å². The number of ketones is 1. The Kier molecular flexibility index (Phi) is 9.67. The van der Waals surface area contributed by atoms with Gasteiger partial charge in [-0.1, -0.05) is 31.5 Å². The highest BCUT2D eigenvalue weighted by Crippen LogP contribution is 2.43. The van der Waals surface area contributed by atoms with Gasteiger partial charge in [-0.15, -0.1) is 0 Å². The van der Waals surface area contributed by atoms with Crippen molar-refractivity contribution in [1.82, 2.24) is 0 Å². The van der Waals surface area contributed by atoms with Gasteiger partial charge in [0.1, 0.15) is 5.76 Å². The van der Waals surface area contributed by atoms with Crippen LogP contribution in [0.15, 0.2) is 17.9 Å². The van der Waals surface area contributed by atoms with Gasteiger partial charge >= 0.3 is 5.97 Å². The van der Waals surface area contributed by atoms with Crippen LogP contribution in [0.25, 0.3) is 5.57 Å². The van der Waals surface area contributed by atoms with Crippen molar-refractivity contribution in [1.29, 1.82) is 0 Å². The normalized spacial score (nSPS) is 19.4. The first-order valence-electron chi connectivity index (χ1n) is 12.7. The highest BCUT2D eigenvalue weighted by Gasteiger charge is 2.39. The summed E-state index contributed by atoms with van der Waals surface area (Å²) in [5, 5.41) is 9.55. The predicted octanol–water partition coefficient (Wildman–Crippen LogP) is 6.44. The third kappa shape index (κ3) is 7.26. The average Bonchev–Trinajstić information content (AvgIpc) is 2.98. The number of carbonyl (C=O) groups excluding carboxylic acids is 2. The minimum atomic E-state index is -0.775. The molecule has 0 heterocycles. The number of allylic oxidation sites excluding steroid dienone is 2. The molecule has 190 valence electrons. The number of aliphatic hydroxyl groups excluding tert-OH is 1. The van der Waals surface area contributed by atoms with E-state index >= 15 is 0 Å². The van der Waals surface area contributed by atoms with Gasteiger partial charge in [0.15, 0.2) is 12.1 Å². The summed E-state index contributed by atoms with van der Waals surface area (Å²) >= 11 is 0. The van der Waals surface area contributed by atoms with E-state index in [9.17, 15) is 14.7 Å². The quantitative estimate of drug-likeness (QED) is 0.313. The zero-order chi connectivity index (χ0) is 25.8. The molecular weight excluding hydrogens is 428 g/mol. The molecule has 34 heavy (non-hydrogen) atoms. The molecule has 1 aromatic rings. The minimum absolute atomic E-state index is 0.00908. The van der Waals surface area contributed by atoms with E-state index in [1.54, 1.807) is 6.92 Å². The molecule has 4 unspecified atom stereocenters. The van der Waals surface area contributed by atoms with Crippen LogP contribution in [0.3, 0.4) is 0 Å². The van der Waals surface area contributed by atoms with Crippen LogP contribution in [-0.4, -0.2) is 29.3 Å². The van der Waals surface area contributed by atoms with Crippen LogP contribution in [0.5, 0.6) is 0 Å². The summed E-state index contributed by atoms with van der Waals surface area (Å²) < 4.78 is 11.6. The van der Waals surface area contributed by atoms with E-state index in [2.05, 4.69) is 26.0 Å². The summed E-state index contributed by atoms with van der Waals surface area (Å²) in [7, 11) is 0. The van der Waals surface area contributed by atoms with Gasteiger partial charge in [-0.25, -0.2) is 0 Å². The molecule has 0 spiro atoms. The second kappa shape index (κ2) is 11.6. The Bertz CT molecular complexity index is 896. The molecular formula is C29H44O5. The number of benzene rings is 1. The van der Waals surface area contributed by atoms with Gasteiger partial charge in [0.05, 0.1) is 17.1 Å². The Morgan fingerprint density at radius 1 is 1.12 bits per heavy atom. The number of aliphatic hydroxyl groups is 1. The van der Waals surface area contributed by atoms with Crippen LogP contribution < -0.4 is 0 Å². The fourth-order valence-electron chi connectivity index (χ4n) is 4.90. The molecule has 1 aliphatic rings. The second-order valence-corrected chi connectivity index (χ2v) is 11.2. The molecule has 1 aromatic carbocycles. The van der Waals surface area contributed by atoms with Gasteiger partial charge in [0.2, 0.25) is 0 Å². The van der Waals surface area contributed by atoms with Crippen LogP contribution in [0.4, 0.5) is 0 Å². The molecule has 0 saturated heterocycles. The largest absolute Gasteiger partial charge is 0.430 e. The standard InChI is InChI=1S/C29H44O5/c1-10-23(33-21(6)30)12-11-17(2)15-22-16-24(31)26(27(22)34-28(32)29(7,8)9)25-19(4)13-18(3)14-20(25)5/h13-14,17,21-23,30H,10-12,15-16H2,1-9H3. The lowest BCUT2D eigenvalue weighted by Gasteiger charge is -2.24. The van der Waals surface area contributed by atoms with Crippen molar-refractivity contribution in [2.45, 2.75) is 107 Å². The number of hydrogen-bond donors (Lipinski definition) is 1. The lowest BCUT2D eigenvalue weighted by atomic mass is 9.89. The van der Waals surface area contributed by atoms with Gasteiger partial charge in [-0.3, -0.25) is 9.59 Å². The Hall–Kier alpha value is -1.98. The summed E-state index contributed by atoms with van der Waals surface area (Å²) in [6.45, 7) is 17.4. The molecule has 5 nitrogen and oxygen atoms in total. The molecule has 0 radical (unpaired) electrons. The van der Waals surface area contributed by atoms with Gasteiger partial charge in [0.25, 0.3) is 0 Å². The smallest absolute Gasteiger partial charge is 0.316 e. The predicted molar refractivity (Wildman–Crippen MR) is 136 cm³/mol. The topological polar surface area (TPSA) is 72.8 Å². The van der Waals surface area contributed by atoms with Crippen molar-refractivity contribution in [2.24, 2.45) is 17.3 Å². The van der Waals surface area contributed by atoms with Gasteiger partial charge < -0.3 is 14.6 Å². The highest BCUT2D eigenvalue weighted by molar-refractivity contribution is 6.24. The van der Waals surface area contributed by atoms with Crippen LogP contribution in [-0.2, 0) is 19.1 Å². The zero-order valence-corrected chi connectivity index (χ0v) is 22.6. The monoisotopic (exact) mass is 472 g/mol. The van der Waals surface area contributed by atoms with Crippen molar-refractivity contribution in [2.75, 3.05) is 0 Å². The number of ether oxygens (including phenoxy) is 2. The number of Topliss-reactive ketones (excluding diaryl/α,β-unsaturated/α-hetero) is 1. The summed E-state index contributed by atoms with van der Waals surface area (Å²) in [5.74, 6) is 0.465. The fraction of sp³-hybridized carbons (Fsp3) is 0.655. The molecule has 1 aliphatic carbocycles. The number of aryl methyl sites for hydroxylation is 3. The maximum Gasteiger partial charge on any atom is 0.316 e. The molecule has 0 fully saturated rings. The molecule has 0 amide bonds. The van der Waals surface area contributed by atoms with E-state index in [-0.39, 0.29) is 23.8 Å². The summed E-state index contributed by atoms with van der Waals surface area (Å²) in [6, 6.07) is 4.16. The first-order valence-corrected chi connectivity index (χ1v) is 12.7. The lowest BCUT2D eigenvalue weighted by Crippen LogP contribution is -2.24. The first kappa shape index (κ1) is 28.3. The van der Waals surface area contributed by atoms with E-state index in [1.165, 1.54) is 0 Å². The zero-order valence-electron chi connectivity index (χ0n) is 22.6. The minimum Gasteiger partial charge on any atom is -0.430 e. The summed E-state index contributed by atoms with van der Waals surface area (Å²) in [4.78, 5) is 26.2. The second-order valence-electron chi connectivity index (χ2n) is 11.2. The molecule has 0 bridgehead atoms. The van der Waals surface area contributed by atoms with E-state index in [0.29, 0.717) is 23.7 Å². The van der Waals surface area contributed by atoms with E-state index < -0.39 is 11.7 Å². The molecule has 0 aliphatic heterocycles. The van der Waals surface area contributed by atoms with Crippen molar-refractivity contribution in [3.63, 3.8) is 0 Å². The highest BCUT2D eigenvalue weighted by atomic mass is 16.6. The van der Waals surface area contributed by atoms with Crippen LogP contribution >= 0.6 is 0 Å². The van der Waals surface area contributed by atoms with Crippen LogP contribution in [0.1, 0.15) is 95.9 Å². The number of hydrogen-bond acceptors (Lipinski definition) is 5. The molecule has 0 aromatic heterocycles. The lowest BCUT2D eigenvalue weighted by molar-refractivity contribution is -0.149.